The van der Waals surface area contributed by atoms with E-state index in [0.29, 0.717) is 5.56 Å². The smallest absolute Gasteiger partial charge is 0.335 e. The third-order valence-electron chi connectivity index (χ3n) is 4.28. The molecule has 0 fully saturated rings. The van der Waals surface area contributed by atoms with E-state index in [4.69, 9.17) is 5.11 Å². The molecule has 5 nitrogen and oxygen atoms in total. The number of nitro groups is 1. The Morgan fingerprint density at radius 2 is 1.72 bits per heavy atom. The number of hydrogen-bond acceptors (Lipinski definition) is 3. The van der Waals surface area contributed by atoms with Gasteiger partial charge in [0.25, 0.3) is 5.69 Å². The quantitative estimate of drug-likeness (QED) is 0.372. The largest absolute Gasteiger partial charge is 0.478 e. The number of nitro benzene ring substituents is 1. The molecule has 0 aromatic heterocycles. The van der Waals surface area contributed by atoms with E-state index in [1.807, 2.05) is 24.3 Å². The summed E-state index contributed by atoms with van der Waals surface area (Å²) in [5, 5.41) is 20.3. The molecule has 0 bridgehead atoms. The highest BCUT2D eigenvalue weighted by Crippen LogP contribution is 2.31. The number of unbranched alkanes of at least 4 members (excludes halogenated alkanes) is 4. The highest BCUT2D eigenvalue weighted by molar-refractivity contribution is 5.90. The van der Waals surface area contributed by atoms with Gasteiger partial charge in [0.2, 0.25) is 0 Å². The van der Waals surface area contributed by atoms with Crippen LogP contribution in [-0.4, -0.2) is 16.0 Å². The number of nitrogens with zero attached hydrogens (tertiary/aromatic N) is 1. The second kappa shape index (κ2) is 8.97. The van der Waals surface area contributed by atoms with E-state index in [-0.39, 0.29) is 11.3 Å². The van der Waals surface area contributed by atoms with Crippen LogP contribution in [0.3, 0.4) is 0 Å². The number of aryl methyl sites for hydroxylation is 1. The molecule has 5 heteroatoms. The van der Waals surface area contributed by atoms with E-state index in [0.717, 1.165) is 24.5 Å². The van der Waals surface area contributed by atoms with Crippen LogP contribution in [-0.2, 0) is 6.42 Å². The minimum absolute atomic E-state index is 0.0841. The number of carboxylic acid groups (broad SMARTS) is 1. The summed E-state index contributed by atoms with van der Waals surface area (Å²) in [4.78, 5) is 21.8. The fraction of sp³-hybridized carbons (Fsp3) is 0.350. The van der Waals surface area contributed by atoms with Crippen LogP contribution in [0.2, 0.25) is 0 Å². The standard InChI is InChI=1S/C20H23NO4/c1-2-3-4-5-6-7-15-8-10-16(11-9-15)18-13-12-17(20(22)23)14-19(18)21(24)25/h8-14H,2-7H2,1H3,(H,22,23). The Balaban J connectivity index is 2.13. The van der Waals surface area contributed by atoms with Gasteiger partial charge in [-0.3, -0.25) is 10.1 Å². The molecule has 25 heavy (non-hydrogen) atoms. The minimum atomic E-state index is -1.17. The molecule has 0 aliphatic rings. The Hall–Kier alpha value is -2.69. The number of hydrogen-bond donors (Lipinski definition) is 1. The van der Waals surface area contributed by atoms with E-state index in [9.17, 15) is 14.9 Å². The summed E-state index contributed by atoms with van der Waals surface area (Å²) in [6.45, 7) is 2.20. The summed E-state index contributed by atoms with van der Waals surface area (Å²) in [5.74, 6) is -1.17. The Kier molecular flexibility index (Phi) is 6.69. The number of rotatable bonds is 9. The maximum absolute atomic E-state index is 11.3. The van der Waals surface area contributed by atoms with Crippen LogP contribution >= 0.6 is 0 Å². The highest BCUT2D eigenvalue weighted by atomic mass is 16.6. The van der Waals surface area contributed by atoms with Gasteiger partial charge in [0.15, 0.2) is 0 Å². The normalized spacial score (nSPS) is 10.6. The fourth-order valence-corrected chi connectivity index (χ4v) is 2.84. The molecular weight excluding hydrogens is 318 g/mol. The molecular formula is C20H23NO4. The number of benzene rings is 2. The second-order valence-electron chi connectivity index (χ2n) is 6.16. The SMILES string of the molecule is CCCCCCCc1ccc(-c2ccc(C(=O)O)cc2[N+](=O)[O-])cc1. The Labute approximate surface area is 147 Å². The van der Waals surface area contributed by atoms with E-state index in [1.165, 1.54) is 43.4 Å². The maximum Gasteiger partial charge on any atom is 0.335 e. The van der Waals surface area contributed by atoms with Gasteiger partial charge in [-0.25, -0.2) is 4.79 Å². The minimum Gasteiger partial charge on any atom is -0.478 e. The Morgan fingerprint density at radius 1 is 1.04 bits per heavy atom. The van der Waals surface area contributed by atoms with Crippen LogP contribution < -0.4 is 0 Å². The Bertz CT molecular complexity index is 738. The van der Waals surface area contributed by atoms with Gasteiger partial charge in [-0.15, -0.1) is 0 Å². The van der Waals surface area contributed by atoms with Crippen molar-refractivity contribution in [1.82, 2.24) is 0 Å². The summed E-state index contributed by atoms with van der Waals surface area (Å²) in [6.07, 6.45) is 7.13. The molecule has 0 unspecified atom stereocenters. The molecule has 2 aromatic rings. The molecule has 0 saturated heterocycles. The molecule has 0 aliphatic heterocycles. The van der Waals surface area contributed by atoms with Crippen molar-refractivity contribution < 1.29 is 14.8 Å². The Morgan fingerprint density at radius 3 is 2.32 bits per heavy atom. The molecule has 2 aromatic carbocycles. The van der Waals surface area contributed by atoms with Crippen molar-refractivity contribution in [3.05, 3.63) is 63.7 Å². The van der Waals surface area contributed by atoms with Crippen LogP contribution in [0.1, 0.15) is 54.9 Å². The molecule has 1 N–H and O–H groups in total. The summed E-state index contributed by atoms with van der Waals surface area (Å²) >= 11 is 0. The van der Waals surface area contributed by atoms with E-state index in [2.05, 4.69) is 6.92 Å². The van der Waals surface area contributed by atoms with E-state index >= 15 is 0 Å². The number of aromatic carboxylic acids is 1. The third-order valence-corrected chi connectivity index (χ3v) is 4.28. The van der Waals surface area contributed by atoms with Crippen molar-refractivity contribution in [1.29, 1.82) is 0 Å². The van der Waals surface area contributed by atoms with Crippen LogP contribution in [0, 0.1) is 10.1 Å². The summed E-state index contributed by atoms with van der Waals surface area (Å²) in [7, 11) is 0. The van der Waals surface area contributed by atoms with Gasteiger partial charge in [-0.1, -0.05) is 56.9 Å². The number of carbonyl (C=O) groups is 1. The van der Waals surface area contributed by atoms with Gasteiger partial charge in [-0.05, 0) is 36.1 Å². The second-order valence-corrected chi connectivity index (χ2v) is 6.16. The van der Waals surface area contributed by atoms with Crippen molar-refractivity contribution in [3.63, 3.8) is 0 Å². The molecule has 0 atom stereocenters. The molecule has 0 radical (unpaired) electrons. The first-order valence-electron chi connectivity index (χ1n) is 8.64. The van der Waals surface area contributed by atoms with Crippen molar-refractivity contribution >= 4 is 11.7 Å². The zero-order valence-corrected chi connectivity index (χ0v) is 14.4. The van der Waals surface area contributed by atoms with Crippen LogP contribution in [0.4, 0.5) is 5.69 Å². The first kappa shape index (κ1) is 18.6. The molecule has 0 amide bonds. The lowest BCUT2D eigenvalue weighted by molar-refractivity contribution is -0.384. The molecule has 0 heterocycles. The first-order valence-corrected chi connectivity index (χ1v) is 8.64. The van der Waals surface area contributed by atoms with Crippen molar-refractivity contribution in [2.75, 3.05) is 0 Å². The van der Waals surface area contributed by atoms with Crippen LogP contribution in [0.15, 0.2) is 42.5 Å². The topological polar surface area (TPSA) is 80.4 Å². The lowest BCUT2D eigenvalue weighted by Crippen LogP contribution is -1.99. The predicted molar refractivity (Wildman–Crippen MR) is 98.0 cm³/mol. The van der Waals surface area contributed by atoms with Crippen molar-refractivity contribution in [2.45, 2.75) is 45.4 Å². The van der Waals surface area contributed by atoms with E-state index in [1.54, 1.807) is 0 Å². The highest BCUT2D eigenvalue weighted by Gasteiger charge is 2.18. The van der Waals surface area contributed by atoms with Crippen molar-refractivity contribution in [3.8, 4) is 11.1 Å². The summed E-state index contributed by atoms with van der Waals surface area (Å²) in [6, 6.07) is 11.7. The van der Waals surface area contributed by atoms with Gasteiger partial charge in [0.1, 0.15) is 0 Å². The zero-order chi connectivity index (χ0) is 18.2. The zero-order valence-electron chi connectivity index (χ0n) is 14.4. The average molecular weight is 341 g/mol. The fourth-order valence-electron chi connectivity index (χ4n) is 2.84. The summed E-state index contributed by atoms with van der Waals surface area (Å²) in [5.41, 5.74) is 2.10. The van der Waals surface area contributed by atoms with Gasteiger partial charge in [0, 0.05) is 6.07 Å². The predicted octanol–water partition coefficient (Wildman–Crippen LogP) is 5.47. The van der Waals surface area contributed by atoms with Gasteiger partial charge in [-0.2, -0.15) is 0 Å². The third kappa shape index (κ3) is 5.14. The lowest BCUT2D eigenvalue weighted by Gasteiger charge is -2.07. The van der Waals surface area contributed by atoms with Gasteiger partial charge in [0.05, 0.1) is 16.1 Å². The average Bonchev–Trinajstić information content (AvgIpc) is 2.61. The molecule has 2 rings (SSSR count). The first-order chi connectivity index (χ1) is 12.0. The van der Waals surface area contributed by atoms with E-state index < -0.39 is 10.9 Å². The molecule has 0 aliphatic carbocycles. The summed E-state index contributed by atoms with van der Waals surface area (Å²) < 4.78 is 0. The van der Waals surface area contributed by atoms with Gasteiger partial charge < -0.3 is 5.11 Å². The van der Waals surface area contributed by atoms with Crippen LogP contribution in [0.25, 0.3) is 11.1 Å². The maximum atomic E-state index is 11.3. The molecule has 132 valence electrons. The van der Waals surface area contributed by atoms with Crippen LogP contribution in [0.5, 0.6) is 0 Å². The molecule has 0 spiro atoms. The van der Waals surface area contributed by atoms with Gasteiger partial charge >= 0.3 is 5.97 Å². The number of carboxylic acids is 1. The lowest BCUT2D eigenvalue weighted by atomic mass is 9.98. The monoisotopic (exact) mass is 341 g/mol. The van der Waals surface area contributed by atoms with Crippen molar-refractivity contribution in [2.24, 2.45) is 0 Å². The molecule has 0 saturated carbocycles.